The van der Waals surface area contributed by atoms with Crippen LogP contribution in [0.25, 0.3) is 11.0 Å². The molecule has 0 aromatic carbocycles. The van der Waals surface area contributed by atoms with Gasteiger partial charge in [-0.15, -0.1) is 0 Å². The molecule has 0 radical (unpaired) electrons. The van der Waals surface area contributed by atoms with E-state index in [0.29, 0.717) is 17.6 Å². The van der Waals surface area contributed by atoms with Gasteiger partial charge in [-0.3, -0.25) is 19.0 Å². The van der Waals surface area contributed by atoms with E-state index in [4.69, 9.17) is 0 Å². The van der Waals surface area contributed by atoms with Crippen molar-refractivity contribution in [3.05, 3.63) is 51.4 Å². The summed E-state index contributed by atoms with van der Waals surface area (Å²) in [4.78, 5) is 20.6. The fourth-order valence-corrected chi connectivity index (χ4v) is 2.33. The Bertz CT molecular complexity index is 807. The van der Waals surface area contributed by atoms with E-state index >= 15 is 0 Å². The van der Waals surface area contributed by atoms with Crippen LogP contribution in [-0.2, 0) is 13.6 Å². The van der Waals surface area contributed by atoms with Crippen LogP contribution >= 0.6 is 15.9 Å². The van der Waals surface area contributed by atoms with Crippen molar-refractivity contribution in [3.63, 3.8) is 0 Å². The quantitative estimate of drug-likeness (QED) is 0.715. The van der Waals surface area contributed by atoms with Crippen molar-refractivity contribution in [1.29, 1.82) is 0 Å². The third-order valence-corrected chi connectivity index (χ3v) is 3.27. The van der Waals surface area contributed by atoms with Crippen molar-refractivity contribution in [3.8, 4) is 0 Å². The van der Waals surface area contributed by atoms with Crippen molar-refractivity contribution in [2.45, 2.75) is 6.54 Å². The molecule has 0 amide bonds. The number of hydrogen-bond acceptors (Lipinski definition) is 4. The molecular formula is C12H10BrN5O. The molecule has 6 nitrogen and oxygen atoms in total. The normalized spacial score (nSPS) is 11.1. The second-order valence-electron chi connectivity index (χ2n) is 4.19. The first-order valence-electron chi connectivity index (χ1n) is 5.62. The second-order valence-corrected chi connectivity index (χ2v) is 5.11. The first kappa shape index (κ1) is 12.0. The molecule has 7 heteroatoms. The van der Waals surface area contributed by atoms with E-state index < -0.39 is 0 Å². The molecule has 0 atom stereocenters. The molecular weight excluding hydrogens is 310 g/mol. The lowest BCUT2D eigenvalue weighted by molar-refractivity contribution is 0.735. The van der Waals surface area contributed by atoms with E-state index in [0.717, 1.165) is 10.0 Å². The van der Waals surface area contributed by atoms with Crippen LogP contribution in [0.4, 0.5) is 0 Å². The van der Waals surface area contributed by atoms with Crippen molar-refractivity contribution in [2.24, 2.45) is 7.05 Å². The second kappa shape index (κ2) is 4.58. The summed E-state index contributed by atoms with van der Waals surface area (Å²) < 4.78 is 4.02. The Hall–Kier alpha value is -2.02. The maximum Gasteiger partial charge on any atom is 0.264 e. The van der Waals surface area contributed by atoms with Crippen LogP contribution in [-0.4, -0.2) is 24.3 Å². The smallest absolute Gasteiger partial charge is 0.264 e. The molecule has 96 valence electrons. The first-order valence-corrected chi connectivity index (χ1v) is 6.41. The highest BCUT2D eigenvalue weighted by Gasteiger charge is 2.08. The average Bonchev–Trinajstić information content (AvgIpc) is 2.76. The summed E-state index contributed by atoms with van der Waals surface area (Å²) in [7, 11) is 1.76. The van der Waals surface area contributed by atoms with Crippen molar-refractivity contribution >= 4 is 27.0 Å². The highest BCUT2D eigenvalue weighted by molar-refractivity contribution is 9.10. The third-order valence-electron chi connectivity index (χ3n) is 2.83. The van der Waals surface area contributed by atoms with Gasteiger partial charge >= 0.3 is 0 Å². The largest absolute Gasteiger partial charge is 0.294 e. The van der Waals surface area contributed by atoms with E-state index in [9.17, 15) is 4.79 Å². The van der Waals surface area contributed by atoms with E-state index in [1.165, 1.54) is 6.33 Å². The summed E-state index contributed by atoms with van der Waals surface area (Å²) in [5.41, 5.74) is 1.42. The van der Waals surface area contributed by atoms with Gasteiger partial charge in [-0.05, 0) is 27.6 Å². The highest BCUT2D eigenvalue weighted by Crippen LogP contribution is 2.10. The van der Waals surface area contributed by atoms with Crippen LogP contribution < -0.4 is 5.56 Å². The molecule has 0 aliphatic rings. The summed E-state index contributed by atoms with van der Waals surface area (Å²) in [6, 6.07) is 1.92. The van der Waals surface area contributed by atoms with Gasteiger partial charge in [0.1, 0.15) is 11.7 Å². The zero-order valence-electron chi connectivity index (χ0n) is 10.1. The van der Waals surface area contributed by atoms with Crippen LogP contribution in [0.15, 0.2) is 40.3 Å². The number of aryl methyl sites for hydroxylation is 1. The topological polar surface area (TPSA) is 65.6 Å². The van der Waals surface area contributed by atoms with Crippen LogP contribution in [0.3, 0.4) is 0 Å². The highest BCUT2D eigenvalue weighted by atomic mass is 79.9. The van der Waals surface area contributed by atoms with Crippen LogP contribution in [0.1, 0.15) is 5.56 Å². The SMILES string of the molecule is Cn1ncc2c(=O)n(Cc3cncc(Br)c3)cnc21. The lowest BCUT2D eigenvalue weighted by atomic mass is 10.3. The van der Waals surface area contributed by atoms with Gasteiger partial charge < -0.3 is 0 Å². The fraction of sp³-hybridized carbons (Fsp3) is 0.167. The van der Waals surface area contributed by atoms with Crippen LogP contribution in [0, 0.1) is 0 Å². The van der Waals surface area contributed by atoms with Gasteiger partial charge in [-0.2, -0.15) is 5.10 Å². The number of pyridine rings is 1. The summed E-state index contributed by atoms with van der Waals surface area (Å²) in [5.74, 6) is 0. The maximum atomic E-state index is 12.3. The average molecular weight is 320 g/mol. The number of nitrogens with zero attached hydrogens (tertiary/aromatic N) is 5. The van der Waals surface area contributed by atoms with Gasteiger partial charge in [-0.1, -0.05) is 0 Å². The maximum absolute atomic E-state index is 12.3. The van der Waals surface area contributed by atoms with Gasteiger partial charge in [-0.25, -0.2) is 4.98 Å². The fourth-order valence-electron chi connectivity index (χ4n) is 1.92. The third kappa shape index (κ3) is 2.17. The van der Waals surface area contributed by atoms with Gasteiger partial charge in [0.25, 0.3) is 5.56 Å². The van der Waals surface area contributed by atoms with Gasteiger partial charge in [0.2, 0.25) is 0 Å². The minimum atomic E-state index is -0.0990. The molecule has 3 aromatic heterocycles. The first-order chi connectivity index (χ1) is 9.15. The Morgan fingerprint density at radius 3 is 2.95 bits per heavy atom. The van der Waals surface area contributed by atoms with E-state index in [-0.39, 0.29) is 5.56 Å². The molecule has 0 bridgehead atoms. The molecule has 19 heavy (non-hydrogen) atoms. The molecule has 0 spiro atoms. The number of fused-ring (bicyclic) bond motifs is 1. The van der Waals surface area contributed by atoms with E-state index in [1.807, 2.05) is 6.07 Å². The summed E-state index contributed by atoms with van der Waals surface area (Å²) in [5, 5.41) is 4.56. The molecule has 3 aromatic rings. The Morgan fingerprint density at radius 2 is 2.16 bits per heavy atom. The summed E-state index contributed by atoms with van der Waals surface area (Å²) in [6.45, 7) is 0.434. The van der Waals surface area contributed by atoms with Crippen molar-refractivity contribution in [1.82, 2.24) is 24.3 Å². The molecule has 0 saturated heterocycles. The number of aromatic nitrogens is 5. The molecule has 0 aliphatic carbocycles. The Kier molecular flexibility index (Phi) is 2.90. The minimum Gasteiger partial charge on any atom is -0.294 e. The molecule has 0 saturated carbocycles. The monoisotopic (exact) mass is 319 g/mol. The molecule has 0 N–H and O–H groups in total. The zero-order valence-corrected chi connectivity index (χ0v) is 11.7. The predicted molar refractivity (Wildman–Crippen MR) is 73.8 cm³/mol. The zero-order chi connectivity index (χ0) is 13.4. The van der Waals surface area contributed by atoms with Crippen molar-refractivity contribution < 1.29 is 0 Å². The molecule has 3 rings (SSSR count). The predicted octanol–water partition coefficient (Wildman–Crippen LogP) is 1.34. The van der Waals surface area contributed by atoms with Gasteiger partial charge in [0.15, 0.2) is 5.65 Å². The Labute approximate surface area is 116 Å². The molecule has 0 unspecified atom stereocenters. The molecule has 0 aliphatic heterocycles. The van der Waals surface area contributed by atoms with Gasteiger partial charge in [0, 0.05) is 23.9 Å². The lowest BCUT2D eigenvalue weighted by Crippen LogP contribution is -2.21. The van der Waals surface area contributed by atoms with Crippen molar-refractivity contribution in [2.75, 3.05) is 0 Å². The van der Waals surface area contributed by atoms with Crippen LogP contribution in [0.2, 0.25) is 0 Å². The lowest BCUT2D eigenvalue weighted by Gasteiger charge is -2.05. The van der Waals surface area contributed by atoms with Gasteiger partial charge in [0.05, 0.1) is 12.7 Å². The standard InChI is InChI=1S/C12H10BrN5O/c1-17-11-10(5-16-17)12(19)18(7-15-11)6-8-2-9(13)4-14-3-8/h2-5,7H,6H2,1H3. The number of halogens is 1. The number of hydrogen-bond donors (Lipinski definition) is 0. The summed E-state index contributed by atoms with van der Waals surface area (Å²) >= 11 is 3.36. The van der Waals surface area contributed by atoms with Crippen LogP contribution in [0.5, 0.6) is 0 Å². The summed E-state index contributed by atoms with van der Waals surface area (Å²) in [6.07, 6.45) is 6.51. The number of rotatable bonds is 2. The molecule has 3 heterocycles. The van der Waals surface area contributed by atoms with E-state index in [2.05, 4.69) is 31.0 Å². The Morgan fingerprint density at radius 1 is 1.32 bits per heavy atom. The Balaban J connectivity index is 2.06. The minimum absolute atomic E-state index is 0.0990. The van der Waals surface area contributed by atoms with E-state index in [1.54, 1.807) is 34.9 Å². The molecule has 0 fully saturated rings.